The summed E-state index contributed by atoms with van der Waals surface area (Å²) >= 11 is 0. The van der Waals surface area contributed by atoms with E-state index in [4.69, 9.17) is 0 Å². The van der Waals surface area contributed by atoms with Gasteiger partial charge in [0.15, 0.2) is 0 Å². The molecule has 106 valence electrons. The van der Waals surface area contributed by atoms with Gasteiger partial charge in [0.1, 0.15) is 0 Å². The summed E-state index contributed by atoms with van der Waals surface area (Å²) in [5.74, 6) is 0. The molecule has 2 unspecified atom stereocenters. The number of likely N-dealkylation sites (N-methyl/N-ethyl adjacent to an activating group) is 2. The summed E-state index contributed by atoms with van der Waals surface area (Å²) in [5.41, 5.74) is 3.03. The zero-order valence-corrected chi connectivity index (χ0v) is 12.7. The van der Waals surface area contributed by atoms with Gasteiger partial charge in [-0.05, 0) is 51.0 Å². The van der Waals surface area contributed by atoms with Crippen LogP contribution in [-0.4, -0.2) is 31.6 Å². The lowest BCUT2D eigenvalue weighted by Gasteiger charge is -2.39. The summed E-state index contributed by atoms with van der Waals surface area (Å²) in [6, 6.07) is 10.0. The molecule has 2 atom stereocenters. The Kier molecular flexibility index (Phi) is 5.41. The number of aryl methyl sites for hydroxylation is 1. The average Bonchev–Trinajstić information content (AvgIpc) is 2.46. The molecule has 2 rings (SSSR count). The number of unbranched alkanes of at least 4 members (excludes halogenated alkanes) is 2. The van der Waals surface area contributed by atoms with Crippen molar-refractivity contribution in [3.63, 3.8) is 0 Å². The second-order valence-corrected chi connectivity index (χ2v) is 5.76. The molecule has 1 N–H and O–H groups in total. The Morgan fingerprint density at radius 2 is 2.05 bits per heavy atom. The van der Waals surface area contributed by atoms with Gasteiger partial charge in [0.25, 0.3) is 0 Å². The van der Waals surface area contributed by atoms with Gasteiger partial charge in [-0.3, -0.25) is 0 Å². The zero-order valence-electron chi connectivity index (χ0n) is 12.7. The van der Waals surface area contributed by atoms with E-state index in [0.717, 1.165) is 0 Å². The monoisotopic (exact) mass is 260 g/mol. The van der Waals surface area contributed by atoms with Gasteiger partial charge >= 0.3 is 0 Å². The lowest BCUT2D eigenvalue weighted by atomic mass is 9.83. The highest BCUT2D eigenvalue weighted by Gasteiger charge is 2.30. The molecule has 1 aromatic rings. The first-order valence-corrected chi connectivity index (χ1v) is 7.73. The van der Waals surface area contributed by atoms with Gasteiger partial charge in [-0.15, -0.1) is 0 Å². The van der Waals surface area contributed by atoms with Crippen molar-refractivity contribution in [2.45, 2.75) is 51.1 Å². The molecule has 19 heavy (non-hydrogen) atoms. The quantitative estimate of drug-likeness (QED) is 0.789. The average molecular weight is 260 g/mol. The standard InChI is InChI=1S/C17H28N2/c1-4-5-8-13-19(3)16-12-11-14-9-6-7-10-15(14)17(16)18-2/h6-7,9-10,16-18H,4-5,8,11-13H2,1-3H3. The Bertz CT molecular complexity index is 389. The summed E-state index contributed by atoms with van der Waals surface area (Å²) in [5, 5.41) is 3.54. The maximum absolute atomic E-state index is 3.54. The molecule has 1 aromatic carbocycles. The highest BCUT2D eigenvalue weighted by atomic mass is 15.2. The molecule has 2 nitrogen and oxygen atoms in total. The molecule has 0 fully saturated rings. The maximum atomic E-state index is 3.54. The Balaban J connectivity index is 2.06. The number of fused-ring (bicyclic) bond motifs is 1. The second kappa shape index (κ2) is 7.06. The summed E-state index contributed by atoms with van der Waals surface area (Å²) in [7, 11) is 4.39. The largest absolute Gasteiger partial charge is 0.312 e. The Morgan fingerprint density at radius 3 is 2.79 bits per heavy atom. The van der Waals surface area contributed by atoms with Crippen LogP contribution in [0.1, 0.15) is 49.8 Å². The van der Waals surface area contributed by atoms with E-state index in [1.54, 1.807) is 0 Å². The van der Waals surface area contributed by atoms with Crippen LogP contribution in [-0.2, 0) is 6.42 Å². The summed E-state index contributed by atoms with van der Waals surface area (Å²) in [6.45, 7) is 3.49. The topological polar surface area (TPSA) is 15.3 Å². The van der Waals surface area contributed by atoms with Gasteiger partial charge in [0, 0.05) is 12.1 Å². The number of nitrogens with one attached hydrogen (secondary N) is 1. The van der Waals surface area contributed by atoms with Crippen LogP contribution in [0, 0.1) is 0 Å². The van der Waals surface area contributed by atoms with Crippen molar-refractivity contribution in [3.8, 4) is 0 Å². The lowest BCUT2D eigenvalue weighted by molar-refractivity contribution is 0.174. The fraction of sp³-hybridized carbons (Fsp3) is 0.647. The van der Waals surface area contributed by atoms with Crippen LogP contribution in [0.25, 0.3) is 0 Å². The molecule has 1 aliphatic rings. The van der Waals surface area contributed by atoms with Gasteiger partial charge in [-0.1, -0.05) is 44.0 Å². The van der Waals surface area contributed by atoms with E-state index in [0.29, 0.717) is 12.1 Å². The molecule has 0 saturated heterocycles. The number of hydrogen-bond acceptors (Lipinski definition) is 2. The van der Waals surface area contributed by atoms with Crippen molar-refractivity contribution in [1.29, 1.82) is 0 Å². The van der Waals surface area contributed by atoms with Crippen LogP contribution in [0.5, 0.6) is 0 Å². The summed E-state index contributed by atoms with van der Waals surface area (Å²) in [6.07, 6.45) is 6.46. The van der Waals surface area contributed by atoms with E-state index in [2.05, 4.69) is 55.5 Å². The minimum absolute atomic E-state index is 0.483. The smallest absolute Gasteiger partial charge is 0.0478 e. The van der Waals surface area contributed by atoms with E-state index < -0.39 is 0 Å². The van der Waals surface area contributed by atoms with Gasteiger partial charge in [-0.2, -0.15) is 0 Å². The van der Waals surface area contributed by atoms with Crippen molar-refractivity contribution in [3.05, 3.63) is 35.4 Å². The van der Waals surface area contributed by atoms with Crippen LogP contribution in [0.15, 0.2) is 24.3 Å². The third-order valence-electron chi connectivity index (χ3n) is 4.48. The number of hydrogen-bond donors (Lipinski definition) is 1. The first-order chi connectivity index (χ1) is 9.27. The fourth-order valence-corrected chi connectivity index (χ4v) is 3.34. The molecule has 0 heterocycles. The highest BCUT2D eigenvalue weighted by molar-refractivity contribution is 5.33. The minimum Gasteiger partial charge on any atom is -0.312 e. The van der Waals surface area contributed by atoms with Crippen molar-refractivity contribution in [2.75, 3.05) is 20.6 Å². The van der Waals surface area contributed by atoms with Crippen molar-refractivity contribution >= 4 is 0 Å². The number of rotatable bonds is 6. The summed E-state index contributed by atoms with van der Waals surface area (Å²) < 4.78 is 0. The zero-order chi connectivity index (χ0) is 13.7. The maximum Gasteiger partial charge on any atom is 0.0478 e. The lowest BCUT2D eigenvalue weighted by Crippen LogP contribution is -2.45. The van der Waals surface area contributed by atoms with Crippen LogP contribution < -0.4 is 5.32 Å². The summed E-state index contributed by atoms with van der Waals surface area (Å²) in [4.78, 5) is 2.56. The minimum atomic E-state index is 0.483. The van der Waals surface area contributed by atoms with Gasteiger partial charge < -0.3 is 10.2 Å². The van der Waals surface area contributed by atoms with Gasteiger partial charge in [0.05, 0.1) is 0 Å². The first kappa shape index (κ1) is 14.5. The van der Waals surface area contributed by atoms with E-state index in [9.17, 15) is 0 Å². The third-order valence-corrected chi connectivity index (χ3v) is 4.48. The second-order valence-electron chi connectivity index (χ2n) is 5.76. The van der Waals surface area contributed by atoms with Crippen LogP contribution in [0.3, 0.4) is 0 Å². The van der Waals surface area contributed by atoms with Crippen molar-refractivity contribution in [1.82, 2.24) is 10.2 Å². The van der Waals surface area contributed by atoms with Crippen LogP contribution >= 0.6 is 0 Å². The molecule has 1 aliphatic carbocycles. The third kappa shape index (κ3) is 3.37. The van der Waals surface area contributed by atoms with E-state index in [1.165, 1.54) is 49.8 Å². The number of nitrogens with zero attached hydrogens (tertiary/aromatic N) is 1. The van der Waals surface area contributed by atoms with Crippen LogP contribution in [0.4, 0.5) is 0 Å². The molecule has 0 radical (unpaired) electrons. The van der Waals surface area contributed by atoms with Crippen molar-refractivity contribution < 1.29 is 0 Å². The van der Waals surface area contributed by atoms with E-state index in [1.807, 2.05) is 0 Å². The predicted octanol–water partition coefficient (Wildman–Crippen LogP) is 3.38. The molecule has 0 bridgehead atoms. The SMILES string of the molecule is CCCCCN(C)C1CCc2ccccc2C1NC. The van der Waals surface area contributed by atoms with Gasteiger partial charge in [0.2, 0.25) is 0 Å². The van der Waals surface area contributed by atoms with Crippen LogP contribution in [0.2, 0.25) is 0 Å². The molecular weight excluding hydrogens is 232 g/mol. The Labute approximate surface area is 118 Å². The normalized spacial score (nSPS) is 22.5. The fourth-order valence-electron chi connectivity index (χ4n) is 3.34. The molecule has 0 spiro atoms. The Morgan fingerprint density at radius 1 is 1.26 bits per heavy atom. The molecule has 0 amide bonds. The number of benzene rings is 1. The van der Waals surface area contributed by atoms with Gasteiger partial charge in [-0.25, -0.2) is 0 Å². The van der Waals surface area contributed by atoms with Crippen molar-refractivity contribution in [2.24, 2.45) is 0 Å². The molecular formula is C17H28N2. The Hall–Kier alpha value is -0.860. The van der Waals surface area contributed by atoms with E-state index in [-0.39, 0.29) is 0 Å². The highest BCUT2D eigenvalue weighted by Crippen LogP contribution is 2.32. The van der Waals surface area contributed by atoms with E-state index >= 15 is 0 Å². The molecule has 0 saturated carbocycles. The molecule has 0 aromatic heterocycles. The molecule has 0 aliphatic heterocycles. The predicted molar refractivity (Wildman–Crippen MR) is 82.5 cm³/mol. The molecule has 2 heteroatoms. The first-order valence-electron chi connectivity index (χ1n) is 7.73.